The zero-order valence-electron chi connectivity index (χ0n) is 10.3. The van der Waals surface area contributed by atoms with Crippen molar-refractivity contribution in [3.8, 4) is 0 Å². The average molecular weight is 229 g/mol. The van der Waals surface area contributed by atoms with Crippen molar-refractivity contribution in [1.29, 1.82) is 0 Å². The largest absolute Gasteiger partial charge is 0.328 e. The third kappa shape index (κ3) is 2.20. The second kappa shape index (κ2) is 4.15. The maximum absolute atomic E-state index is 5.79. The van der Waals surface area contributed by atoms with Crippen molar-refractivity contribution in [2.75, 3.05) is 0 Å². The summed E-state index contributed by atoms with van der Waals surface area (Å²) in [6.45, 7) is 2.06. The lowest BCUT2D eigenvalue weighted by molar-refractivity contribution is 0.666. The van der Waals surface area contributed by atoms with Gasteiger partial charge < -0.3 is 10.3 Å². The number of benzene rings is 1. The number of imidazole rings is 1. The molecule has 1 heterocycles. The fourth-order valence-electron chi connectivity index (χ4n) is 2.27. The van der Waals surface area contributed by atoms with Crippen LogP contribution in [0, 0.1) is 0 Å². The van der Waals surface area contributed by atoms with Crippen LogP contribution in [0.4, 0.5) is 0 Å². The van der Waals surface area contributed by atoms with E-state index in [1.54, 1.807) is 0 Å². The Morgan fingerprint density at radius 3 is 3.00 bits per heavy atom. The lowest BCUT2D eigenvalue weighted by Crippen LogP contribution is -2.15. The molecule has 1 fully saturated rings. The van der Waals surface area contributed by atoms with Crippen LogP contribution in [-0.2, 0) is 6.42 Å². The topological polar surface area (TPSA) is 43.8 Å². The van der Waals surface area contributed by atoms with Crippen LogP contribution in [-0.4, -0.2) is 15.6 Å². The number of fused-ring (bicyclic) bond motifs is 1. The van der Waals surface area contributed by atoms with Crippen molar-refractivity contribution in [2.45, 2.75) is 44.7 Å². The molecule has 1 atom stereocenters. The van der Waals surface area contributed by atoms with Gasteiger partial charge >= 0.3 is 0 Å². The standard InChI is InChI=1S/C14H19N3/c1-10(15)2-3-11-4-7-14-13(8-11)16-9-17(14)12-5-6-12/h4,7-10,12H,2-3,5-6,15H2,1H3. The summed E-state index contributed by atoms with van der Waals surface area (Å²) in [5, 5.41) is 0. The van der Waals surface area contributed by atoms with Crippen LogP contribution in [0.1, 0.15) is 37.8 Å². The maximum atomic E-state index is 5.79. The Morgan fingerprint density at radius 2 is 2.29 bits per heavy atom. The highest BCUT2D eigenvalue weighted by Gasteiger charge is 2.24. The van der Waals surface area contributed by atoms with Gasteiger partial charge in [-0.3, -0.25) is 0 Å². The van der Waals surface area contributed by atoms with Gasteiger partial charge in [-0.15, -0.1) is 0 Å². The first-order valence-electron chi connectivity index (χ1n) is 6.45. The molecule has 3 nitrogen and oxygen atoms in total. The van der Waals surface area contributed by atoms with E-state index >= 15 is 0 Å². The summed E-state index contributed by atoms with van der Waals surface area (Å²) in [4.78, 5) is 4.50. The zero-order valence-corrected chi connectivity index (χ0v) is 10.3. The van der Waals surface area contributed by atoms with Crippen molar-refractivity contribution in [3.63, 3.8) is 0 Å². The summed E-state index contributed by atoms with van der Waals surface area (Å²) in [5.74, 6) is 0. The van der Waals surface area contributed by atoms with Crippen molar-refractivity contribution in [2.24, 2.45) is 5.73 Å². The molecule has 0 bridgehead atoms. The summed E-state index contributed by atoms with van der Waals surface area (Å²) >= 11 is 0. The highest BCUT2D eigenvalue weighted by Crippen LogP contribution is 2.37. The summed E-state index contributed by atoms with van der Waals surface area (Å²) < 4.78 is 2.31. The Balaban J connectivity index is 1.86. The maximum Gasteiger partial charge on any atom is 0.0960 e. The molecule has 1 saturated carbocycles. The SMILES string of the molecule is CC(N)CCc1ccc2c(c1)ncn2C1CC1. The molecule has 0 aliphatic heterocycles. The van der Waals surface area contributed by atoms with E-state index in [1.807, 2.05) is 6.33 Å². The number of nitrogens with two attached hydrogens (primary N) is 1. The molecule has 1 aliphatic rings. The van der Waals surface area contributed by atoms with E-state index in [-0.39, 0.29) is 6.04 Å². The average Bonchev–Trinajstić information content (AvgIpc) is 3.07. The molecule has 0 saturated heterocycles. The van der Waals surface area contributed by atoms with Crippen molar-refractivity contribution in [3.05, 3.63) is 30.1 Å². The van der Waals surface area contributed by atoms with Crippen LogP contribution in [0.5, 0.6) is 0 Å². The van der Waals surface area contributed by atoms with Gasteiger partial charge in [0.1, 0.15) is 0 Å². The number of aryl methyl sites for hydroxylation is 1. The summed E-state index contributed by atoms with van der Waals surface area (Å²) in [6, 6.07) is 7.60. The molecular formula is C14H19N3. The van der Waals surface area contributed by atoms with Crippen LogP contribution in [0.3, 0.4) is 0 Å². The van der Waals surface area contributed by atoms with Gasteiger partial charge in [0.25, 0.3) is 0 Å². The highest BCUT2D eigenvalue weighted by molar-refractivity contribution is 5.76. The molecule has 1 unspecified atom stereocenters. The minimum absolute atomic E-state index is 0.273. The van der Waals surface area contributed by atoms with Gasteiger partial charge in [-0.2, -0.15) is 0 Å². The van der Waals surface area contributed by atoms with E-state index in [1.165, 1.54) is 23.9 Å². The lowest BCUT2D eigenvalue weighted by Gasteiger charge is -2.05. The van der Waals surface area contributed by atoms with Crippen LogP contribution in [0.2, 0.25) is 0 Å². The quantitative estimate of drug-likeness (QED) is 0.876. The number of aromatic nitrogens is 2. The van der Waals surface area contributed by atoms with Gasteiger partial charge in [0.2, 0.25) is 0 Å². The molecule has 3 heteroatoms. The van der Waals surface area contributed by atoms with E-state index in [9.17, 15) is 0 Å². The van der Waals surface area contributed by atoms with E-state index in [2.05, 4.69) is 34.7 Å². The Labute approximate surface area is 102 Å². The van der Waals surface area contributed by atoms with Gasteiger partial charge in [-0.25, -0.2) is 4.98 Å². The van der Waals surface area contributed by atoms with E-state index in [0.717, 1.165) is 18.4 Å². The van der Waals surface area contributed by atoms with Crippen LogP contribution < -0.4 is 5.73 Å². The minimum Gasteiger partial charge on any atom is -0.328 e. The summed E-state index contributed by atoms with van der Waals surface area (Å²) in [5.41, 5.74) is 9.53. The molecule has 1 aliphatic carbocycles. The van der Waals surface area contributed by atoms with Crippen LogP contribution >= 0.6 is 0 Å². The fraction of sp³-hybridized carbons (Fsp3) is 0.500. The van der Waals surface area contributed by atoms with Crippen molar-refractivity contribution < 1.29 is 0 Å². The lowest BCUT2D eigenvalue weighted by atomic mass is 10.1. The van der Waals surface area contributed by atoms with Crippen LogP contribution in [0.15, 0.2) is 24.5 Å². The third-order valence-corrected chi connectivity index (χ3v) is 3.47. The van der Waals surface area contributed by atoms with Crippen molar-refractivity contribution >= 4 is 11.0 Å². The van der Waals surface area contributed by atoms with Gasteiger partial charge in [0.15, 0.2) is 0 Å². The first kappa shape index (κ1) is 10.8. The summed E-state index contributed by atoms with van der Waals surface area (Å²) in [6.07, 6.45) is 6.67. The molecule has 0 amide bonds. The molecule has 90 valence electrons. The molecule has 0 radical (unpaired) electrons. The van der Waals surface area contributed by atoms with E-state index in [0.29, 0.717) is 6.04 Å². The Bertz CT molecular complexity index is 523. The van der Waals surface area contributed by atoms with E-state index in [4.69, 9.17) is 5.73 Å². The Kier molecular flexibility index (Phi) is 2.63. The predicted molar refractivity (Wildman–Crippen MR) is 70.0 cm³/mol. The molecule has 1 aromatic heterocycles. The first-order chi connectivity index (χ1) is 8.24. The third-order valence-electron chi connectivity index (χ3n) is 3.47. The highest BCUT2D eigenvalue weighted by atomic mass is 15.1. The second-order valence-electron chi connectivity index (χ2n) is 5.22. The second-order valence-corrected chi connectivity index (χ2v) is 5.22. The Hall–Kier alpha value is -1.35. The van der Waals surface area contributed by atoms with Gasteiger partial charge in [-0.1, -0.05) is 6.07 Å². The normalized spacial score (nSPS) is 17.5. The Morgan fingerprint density at radius 1 is 1.47 bits per heavy atom. The van der Waals surface area contributed by atoms with Gasteiger partial charge in [0.05, 0.1) is 17.4 Å². The zero-order chi connectivity index (χ0) is 11.8. The molecule has 3 rings (SSSR count). The number of rotatable bonds is 4. The van der Waals surface area contributed by atoms with Crippen molar-refractivity contribution in [1.82, 2.24) is 9.55 Å². The number of nitrogens with zero attached hydrogens (tertiary/aromatic N) is 2. The number of hydrogen-bond acceptors (Lipinski definition) is 2. The molecule has 2 N–H and O–H groups in total. The minimum atomic E-state index is 0.273. The molecule has 0 spiro atoms. The first-order valence-corrected chi connectivity index (χ1v) is 6.45. The molecule has 1 aromatic carbocycles. The molecule has 17 heavy (non-hydrogen) atoms. The van der Waals surface area contributed by atoms with Gasteiger partial charge in [-0.05, 0) is 50.3 Å². The van der Waals surface area contributed by atoms with E-state index < -0.39 is 0 Å². The fourth-order valence-corrected chi connectivity index (χ4v) is 2.27. The molecular weight excluding hydrogens is 210 g/mol. The van der Waals surface area contributed by atoms with Crippen LogP contribution in [0.25, 0.3) is 11.0 Å². The number of hydrogen-bond donors (Lipinski definition) is 1. The molecule has 2 aromatic rings. The monoisotopic (exact) mass is 229 g/mol. The smallest absolute Gasteiger partial charge is 0.0960 e. The van der Waals surface area contributed by atoms with Gasteiger partial charge in [0, 0.05) is 12.1 Å². The predicted octanol–water partition coefficient (Wildman–Crippen LogP) is 2.65. The summed E-state index contributed by atoms with van der Waals surface area (Å²) in [7, 11) is 0.